The second-order valence-electron chi connectivity index (χ2n) is 6.55. The summed E-state index contributed by atoms with van der Waals surface area (Å²) >= 11 is 1.18. The molecule has 0 saturated heterocycles. The number of hydrogen-bond donors (Lipinski definition) is 1. The predicted molar refractivity (Wildman–Crippen MR) is 122 cm³/mol. The van der Waals surface area contributed by atoms with Gasteiger partial charge in [0.05, 0.1) is 25.2 Å². The van der Waals surface area contributed by atoms with Crippen LogP contribution in [-0.4, -0.2) is 52.2 Å². The lowest BCUT2D eigenvalue weighted by molar-refractivity contribution is -0.144. The Labute approximate surface area is 195 Å². The van der Waals surface area contributed by atoms with Crippen LogP contribution in [0.5, 0.6) is 11.5 Å². The van der Waals surface area contributed by atoms with E-state index in [0.29, 0.717) is 53.7 Å². The van der Waals surface area contributed by atoms with Crippen molar-refractivity contribution in [2.45, 2.75) is 32.5 Å². The zero-order valence-electron chi connectivity index (χ0n) is 18.7. The molecule has 0 unspecified atom stereocenters. The Bertz CT molecular complexity index is 1070. The van der Waals surface area contributed by atoms with Gasteiger partial charge in [0.2, 0.25) is 0 Å². The lowest BCUT2D eigenvalue weighted by Crippen LogP contribution is -2.21. The monoisotopic (exact) mass is 474 g/mol. The topological polar surface area (TPSA) is 118 Å². The molecule has 1 aromatic carbocycles. The van der Waals surface area contributed by atoms with Crippen molar-refractivity contribution in [3.05, 3.63) is 36.6 Å². The Morgan fingerprint density at radius 2 is 1.88 bits per heavy atom. The van der Waals surface area contributed by atoms with Crippen molar-refractivity contribution in [3.8, 4) is 23.1 Å². The smallest absolute Gasteiger partial charge is 0.316 e. The standard InChI is InChI=1S/C22H26N4O6S/c1-4-26-21(17-8-7-11-31-17)24-25-22(26)33-14-20(28)32-13-19(27)23-15-9-10-16(29-5-2)18(12-15)30-6-3/h7-12H,4-6,13-14H2,1-3H3,(H,23,27). The second-order valence-corrected chi connectivity index (χ2v) is 7.50. The molecule has 10 nitrogen and oxygen atoms in total. The third-order valence-electron chi connectivity index (χ3n) is 4.29. The van der Waals surface area contributed by atoms with E-state index < -0.39 is 18.5 Å². The maximum absolute atomic E-state index is 12.2. The zero-order valence-corrected chi connectivity index (χ0v) is 19.5. The summed E-state index contributed by atoms with van der Waals surface area (Å²) in [5.74, 6) is 1.28. The molecular formula is C22H26N4O6S. The SMILES string of the molecule is CCOc1ccc(NC(=O)COC(=O)CSc2nnc(-c3ccco3)n2CC)cc1OCC. The van der Waals surface area contributed by atoms with Gasteiger partial charge < -0.3 is 23.9 Å². The first-order valence-corrected chi connectivity index (χ1v) is 11.5. The average molecular weight is 475 g/mol. The van der Waals surface area contributed by atoms with Crippen LogP contribution in [0.1, 0.15) is 20.8 Å². The second kappa shape index (κ2) is 12.0. The summed E-state index contributed by atoms with van der Waals surface area (Å²) in [4.78, 5) is 24.3. The van der Waals surface area contributed by atoms with Gasteiger partial charge in [0.15, 0.2) is 34.8 Å². The quantitative estimate of drug-likeness (QED) is 0.310. The summed E-state index contributed by atoms with van der Waals surface area (Å²) in [6.07, 6.45) is 1.56. The fourth-order valence-corrected chi connectivity index (χ4v) is 3.71. The molecule has 0 spiro atoms. The molecule has 0 bridgehead atoms. The van der Waals surface area contributed by atoms with Crippen LogP contribution in [0, 0.1) is 0 Å². The molecule has 0 saturated carbocycles. The lowest BCUT2D eigenvalue weighted by atomic mass is 10.2. The van der Waals surface area contributed by atoms with E-state index in [0.717, 1.165) is 0 Å². The van der Waals surface area contributed by atoms with Crippen molar-refractivity contribution >= 4 is 29.3 Å². The van der Waals surface area contributed by atoms with Gasteiger partial charge in [0.25, 0.3) is 5.91 Å². The molecule has 1 amide bonds. The lowest BCUT2D eigenvalue weighted by Gasteiger charge is -2.13. The number of hydrogen-bond acceptors (Lipinski definition) is 9. The summed E-state index contributed by atoms with van der Waals surface area (Å²) in [7, 11) is 0. The van der Waals surface area contributed by atoms with E-state index in [4.69, 9.17) is 18.6 Å². The molecule has 0 aliphatic carbocycles. The van der Waals surface area contributed by atoms with Gasteiger partial charge >= 0.3 is 5.97 Å². The third kappa shape index (κ3) is 6.51. The summed E-state index contributed by atoms with van der Waals surface area (Å²) < 4.78 is 23.3. The van der Waals surface area contributed by atoms with E-state index >= 15 is 0 Å². The number of furan rings is 1. The van der Waals surface area contributed by atoms with E-state index in [1.807, 2.05) is 25.3 Å². The number of anilines is 1. The molecule has 11 heteroatoms. The number of ether oxygens (including phenoxy) is 3. The van der Waals surface area contributed by atoms with Crippen molar-refractivity contribution in [1.29, 1.82) is 0 Å². The van der Waals surface area contributed by atoms with Crippen molar-refractivity contribution in [1.82, 2.24) is 14.8 Å². The maximum atomic E-state index is 12.2. The highest BCUT2D eigenvalue weighted by atomic mass is 32.2. The number of nitrogens with zero attached hydrogens (tertiary/aromatic N) is 3. The zero-order chi connectivity index (χ0) is 23.6. The van der Waals surface area contributed by atoms with E-state index in [1.54, 1.807) is 36.6 Å². The van der Waals surface area contributed by atoms with Crippen LogP contribution in [0.3, 0.4) is 0 Å². The van der Waals surface area contributed by atoms with Crippen molar-refractivity contribution in [2.24, 2.45) is 0 Å². The minimum absolute atomic E-state index is 0.0128. The molecule has 2 aromatic heterocycles. The predicted octanol–water partition coefficient (Wildman–Crippen LogP) is 3.63. The van der Waals surface area contributed by atoms with Crippen molar-refractivity contribution < 1.29 is 28.2 Å². The van der Waals surface area contributed by atoms with Crippen LogP contribution in [0.4, 0.5) is 5.69 Å². The summed E-state index contributed by atoms with van der Waals surface area (Å²) in [6, 6.07) is 8.63. The molecule has 1 N–H and O–H groups in total. The highest BCUT2D eigenvalue weighted by Crippen LogP contribution is 2.30. The number of thioether (sulfide) groups is 1. The molecule has 0 aliphatic rings. The highest BCUT2D eigenvalue weighted by Gasteiger charge is 2.17. The Hall–Kier alpha value is -3.47. The van der Waals surface area contributed by atoms with Gasteiger partial charge in [-0.3, -0.25) is 14.2 Å². The molecule has 0 fully saturated rings. The van der Waals surface area contributed by atoms with Crippen LogP contribution in [0.25, 0.3) is 11.6 Å². The van der Waals surface area contributed by atoms with E-state index in [2.05, 4.69) is 15.5 Å². The first kappa shape index (κ1) is 24.2. The minimum atomic E-state index is -0.540. The van der Waals surface area contributed by atoms with Gasteiger partial charge in [0.1, 0.15) is 0 Å². The van der Waals surface area contributed by atoms with E-state index in [1.165, 1.54) is 11.8 Å². The van der Waals surface area contributed by atoms with Crippen LogP contribution < -0.4 is 14.8 Å². The Balaban J connectivity index is 1.49. The molecule has 176 valence electrons. The van der Waals surface area contributed by atoms with Gasteiger partial charge in [-0.25, -0.2) is 0 Å². The summed E-state index contributed by atoms with van der Waals surface area (Å²) in [5.41, 5.74) is 0.513. The maximum Gasteiger partial charge on any atom is 0.316 e. The number of benzene rings is 1. The van der Waals surface area contributed by atoms with Gasteiger partial charge in [0, 0.05) is 18.3 Å². The number of esters is 1. The largest absolute Gasteiger partial charge is 0.490 e. The van der Waals surface area contributed by atoms with Crippen molar-refractivity contribution in [3.63, 3.8) is 0 Å². The highest BCUT2D eigenvalue weighted by molar-refractivity contribution is 7.99. The molecule has 0 atom stereocenters. The molecule has 0 aliphatic heterocycles. The van der Waals surface area contributed by atoms with Gasteiger partial charge in [-0.05, 0) is 45.0 Å². The fourth-order valence-electron chi connectivity index (χ4n) is 2.91. The fraction of sp³-hybridized carbons (Fsp3) is 0.364. The number of carbonyl (C=O) groups excluding carboxylic acids is 2. The molecule has 0 radical (unpaired) electrons. The van der Waals surface area contributed by atoms with Crippen LogP contribution in [0.15, 0.2) is 46.2 Å². The van der Waals surface area contributed by atoms with E-state index in [9.17, 15) is 9.59 Å². The molecule has 3 rings (SSSR count). The van der Waals surface area contributed by atoms with Crippen LogP contribution in [-0.2, 0) is 20.9 Å². The molecule has 2 heterocycles. The van der Waals surface area contributed by atoms with Gasteiger partial charge in [-0.15, -0.1) is 10.2 Å². The number of rotatable bonds is 12. The summed E-state index contributed by atoms with van der Waals surface area (Å²) in [6.45, 7) is 6.84. The Morgan fingerprint density at radius 1 is 1.09 bits per heavy atom. The number of nitrogens with one attached hydrogen (secondary N) is 1. The first-order valence-electron chi connectivity index (χ1n) is 10.5. The van der Waals surface area contributed by atoms with Gasteiger partial charge in [-0.1, -0.05) is 11.8 Å². The normalized spacial score (nSPS) is 10.6. The van der Waals surface area contributed by atoms with Gasteiger partial charge in [-0.2, -0.15) is 0 Å². The minimum Gasteiger partial charge on any atom is -0.490 e. The number of carbonyl (C=O) groups is 2. The van der Waals surface area contributed by atoms with E-state index in [-0.39, 0.29) is 5.75 Å². The third-order valence-corrected chi connectivity index (χ3v) is 5.23. The number of aromatic nitrogens is 3. The Morgan fingerprint density at radius 3 is 2.58 bits per heavy atom. The van der Waals surface area contributed by atoms with Crippen molar-refractivity contribution in [2.75, 3.05) is 30.9 Å². The number of amides is 1. The average Bonchev–Trinajstić information content (AvgIpc) is 3.47. The molecule has 3 aromatic rings. The first-order chi connectivity index (χ1) is 16.0. The summed E-state index contributed by atoms with van der Waals surface area (Å²) in [5, 5.41) is 11.5. The Kier molecular flexibility index (Phi) is 8.76. The van der Waals surface area contributed by atoms with Crippen LogP contribution in [0.2, 0.25) is 0 Å². The van der Waals surface area contributed by atoms with Crippen LogP contribution >= 0.6 is 11.8 Å². The molecule has 33 heavy (non-hydrogen) atoms. The molecular weight excluding hydrogens is 448 g/mol.